The van der Waals surface area contributed by atoms with Crippen LogP contribution in [0, 0.1) is 0 Å². The van der Waals surface area contributed by atoms with Crippen LogP contribution in [-0.4, -0.2) is 43.9 Å². The summed E-state index contributed by atoms with van der Waals surface area (Å²) in [5.41, 5.74) is 0.566. The van der Waals surface area contributed by atoms with Gasteiger partial charge >= 0.3 is 6.36 Å². The molecule has 0 radical (unpaired) electrons. The predicted octanol–water partition coefficient (Wildman–Crippen LogP) is 3.61. The number of halogens is 6. The Labute approximate surface area is 137 Å². The number of nitrogens with one attached hydrogen (secondary N) is 1. The summed E-state index contributed by atoms with van der Waals surface area (Å²) < 4.78 is 65.8. The van der Waals surface area contributed by atoms with Crippen molar-refractivity contribution in [3.8, 4) is 5.75 Å². The van der Waals surface area contributed by atoms with Crippen LogP contribution >= 0.6 is 12.4 Å². The number of alkyl halides is 5. The summed E-state index contributed by atoms with van der Waals surface area (Å²) in [5.74, 6) is -0.354. The van der Waals surface area contributed by atoms with Crippen molar-refractivity contribution in [2.75, 3.05) is 26.2 Å². The molecule has 0 amide bonds. The van der Waals surface area contributed by atoms with E-state index in [4.69, 9.17) is 0 Å². The van der Waals surface area contributed by atoms with E-state index in [-0.39, 0.29) is 24.6 Å². The molecule has 23 heavy (non-hydrogen) atoms. The van der Waals surface area contributed by atoms with Gasteiger partial charge in [-0.2, -0.15) is 0 Å². The zero-order chi connectivity index (χ0) is 16.2. The fourth-order valence-electron chi connectivity index (χ4n) is 2.55. The van der Waals surface area contributed by atoms with Crippen LogP contribution in [0.15, 0.2) is 24.3 Å². The fraction of sp³-hybridized carbons (Fsp3) is 0.571. The van der Waals surface area contributed by atoms with E-state index < -0.39 is 18.8 Å². The van der Waals surface area contributed by atoms with Crippen LogP contribution in [0.2, 0.25) is 0 Å². The minimum atomic E-state index is -4.76. The van der Waals surface area contributed by atoms with Crippen molar-refractivity contribution < 1.29 is 26.7 Å². The van der Waals surface area contributed by atoms with E-state index in [2.05, 4.69) is 10.1 Å². The van der Waals surface area contributed by atoms with E-state index in [1.165, 1.54) is 12.1 Å². The number of benzene rings is 1. The Morgan fingerprint density at radius 2 is 1.65 bits per heavy atom. The monoisotopic (exact) mass is 360 g/mol. The Morgan fingerprint density at radius 3 is 2.13 bits per heavy atom. The molecule has 1 N–H and O–H groups in total. The van der Waals surface area contributed by atoms with Gasteiger partial charge in [0.15, 0.2) is 0 Å². The van der Waals surface area contributed by atoms with Gasteiger partial charge in [-0.05, 0) is 17.7 Å². The largest absolute Gasteiger partial charge is 0.573 e. The molecule has 9 heteroatoms. The van der Waals surface area contributed by atoms with Gasteiger partial charge in [-0.25, -0.2) is 8.78 Å². The minimum absolute atomic E-state index is 0. The maximum atomic E-state index is 12.8. The zero-order valence-electron chi connectivity index (χ0n) is 12.2. The molecule has 2 rings (SSSR count). The molecule has 1 saturated heterocycles. The maximum Gasteiger partial charge on any atom is 0.573 e. The van der Waals surface area contributed by atoms with Gasteiger partial charge in [0.05, 0.1) is 0 Å². The average molecular weight is 361 g/mol. The molecule has 0 aromatic heterocycles. The quantitative estimate of drug-likeness (QED) is 0.812. The Hall–Kier alpha value is -1.12. The lowest BCUT2D eigenvalue weighted by molar-refractivity contribution is -0.274. The summed E-state index contributed by atoms with van der Waals surface area (Å²) in [6.07, 6.45) is -7.59. The van der Waals surface area contributed by atoms with Crippen LogP contribution in [-0.2, 0) is 0 Å². The third kappa shape index (κ3) is 6.48. The summed E-state index contributed by atoms with van der Waals surface area (Å²) in [4.78, 5) is 1.92. The second-order valence-electron chi connectivity index (χ2n) is 5.05. The number of hydrogen-bond donors (Lipinski definition) is 1. The van der Waals surface area contributed by atoms with E-state index in [9.17, 15) is 22.0 Å². The highest BCUT2D eigenvalue weighted by Gasteiger charge is 2.31. The van der Waals surface area contributed by atoms with Crippen molar-refractivity contribution in [2.45, 2.75) is 25.3 Å². The highest BCUT2D eigenvalue weighted by atomic mass is 35.5. The number of piperazine rings is 1. The van der Waals surface area contributed by atoms with Gasteiger partial charge in [0.25, 0.3) is 0 Å². The van der Waals surface area contributed by atoms with E-state index in [1.807, 2.05) is 4.90 Å². The molecule has 132 valence electrons. The molecule has 1 fully saturated rings. The SMILES string of the molecule is Cl.FC(F)C[C@@H](c1ccc(OC(F)(F)F)cc1)N1CCNCC1. The molecule has 1 atom stereocenters. The van der Waals surface area contributed by atoms with Gasteiger partial charge in [0.1, 0.15) is 5.75 Å². The van der Waals surface area contributed by atoms with Crippen LogP contribution in [0.25, 0.3) is 0 Å². The first kappa shape index (κ1) is 19.9. The zero-order valence-corrected chi connectivity index (χ0v) is 13.0. The molecule has 1 aromatic carbocycles. The van der Waals surface area contributed by atoms with E-state index in [1.54, 1.807) is 0 Å². The second-order valence-corrected chi connectivity index (χ2v) is 5.05. The lowest BCUT2D eigenvalue weighted by Gasteiger charge is -2.35. The summed E-state index contributed by atoms with van der Waals surface area (Å²) in [6, 6.07) is 4.63. The van der Waals surface area contributed by atoms with Crippen molar-refractivity contribution in [1.82, 2.24) is 10.2 Å². The van der Waals surface area contributed by atoms with Gasteiger partial charge in [-0.1, -0.05) is 12.1 Å². The summed E-state index contributed by atoms with van der Waals surface area (Å²) in [5, 5.41) is 3.14. The summed E-state index contributed by atoms with van der Waals surface area (Å²) in [7, 11) is 0. The topological polar surface area (TPSA) is 24.5 Å². The number of rotatable bonds is 5. The third-order valence-corrected chi connectivity index (χ3v) is 3.49. The van der Waals surface area contributed by atoms with Gasteiger partial charge in [0, 0.05) is 38.6 Å². The molecule has 0 spiro atoms. The van der Waals surface area contributed by atoms with E-state index in [0.717, 1.165) is 12.1 Å². The molecule has 1 heterocycles. The van der Waals surface area contributed by atoms with Crippen LogP contribution in [0.4, 0.5) is 22.0 Å². The lowest BCUT2D eigenvalue weighted by atomic mass is 10.0. The fourth-order valence-corrected chi connectivity index (χ4v) is 2.55. The maximum absolute atomic E-state index is 12.8. The summed E-state index contributed by atoms with van der Waals surface area (Å²) >= 11 is 0. The lowest BCUT2D eigenvalue weighted by Crippen LogP contribution is -2.45. The van der Waals surface area contributed by atoms with Crippen molar-refractivity contribution in [1.29, 1.82) is 0 Å². The molecule has 0 unspecified atom stereocenters. The van der Waals surface area contributed by atoms with Crippen LogP contribution in [0.3, 0.4) is 0 Å². The first-order chi connectivity index (χ1) is 10.3. The third-order valence-electron chi connectivity index (χ3n) is 3.49. The van der Waals surface area contributed by atoms with Gasteiger partial charge in [0.2, 0.25) is 6.43 Å². The Balaban J connectivity index is 0.00000264. The normalized spacial score (nSPS) is 17.7. The summed E-state index contributed by atoms with van der Waals surface area (Å²) in [6.45, 7) is 2.65. The predicted molar refractivity (Wildman–Crippen MR) is 78.2 cm³/mol. The molecule has 3 nitrogen and oxygen atoms in total. The molecule has 1 aliphatic heterocycles. The van der Waals surface area contributed by atoms with Gasteiger partial charge in [-0.3, -0.25) is 4.90 Å². The average Bonchev–Trinajstić information content (AvgIpc) is 2.45. The van der Waals surface area contributed by atoms with E-state index in [0.29, 0.717) is 31.7 Å². The number of ether oxygens (including phenoxy) is 1. The van der Waals surface area contributed by atoms with Crippen LogP contribution in [0.5, 0.6) is 5.75 Å². The van der Waals surface area contributed by atoms with Crippen molar-refractivity contribution >= 4 is 12.4 Å². The van der Waals surface area contributed by atoms with E-state index >= 15 is 0 Å². The highest BCUT2D eigenvalue weighted by Crippen LogP contribution is 2.30. The molecule has 1 aromatic rings. The van der Waals surface area contributed by atoms with Crippen LogP contribution in [0.1, 0.15) is 18.0 Å². The number of nitrogens with zero attached hydrogens (tertiary/aromatic N) is 1. The van der Waals surface area contributed by atoms with Crippen molar-refractivity contribution in [3.05, 3.63) is 29.8 Å². The van der Waals surface area contributed by atoms with Gasteiger partial charge < -0.3 is 10.1 Å². The highest BCUT2D eigenvalue weighted by molar-refractivity contribution is 5.85. The molecule has 0 saturated carbocycles. The molecule has 0 bridgehead atoms. The van der Waals surface area contributed by atoms with Crippen molar-refractivity contribution in [2.24, 2.45) is 0 Å². The molecule has 0 aliphatic carbocycles. The smallest absolute Gasteiger partial charge is 0.406 e. The molecular formula is C14H18ClF5N2O. The first-order valence-electron chi connectivity index (χ1n) is 6.94. The minimum Gasteiger partial charge on any atom is -0.406 e. The molecule has 1 aliphatic rings. The van der Waals surface area contributed by atoms with Gasteiger partial charge in [-0.15, -0.1) is 25.6 Å². The standard InChI is InChI=1S/C14H17F5N2O.ClH/c15-13(16)9-12(21-7-5-20-6-8-21)10-1-3-11(4-2-10)22-14(17,18)19;/h1-4,12-13,20H,5-9H2;1H/t12-;/m0./s1. The second kappa shape index (κ2) is 8.65. The van der Waals surface area contributed by atoms with Crippen molar-refractivity contribution in [3.63, 3.8) is 0 Å². The Kier molecular flexibility index (Phi) is 7.50. The Morgan fingerprint density at radius 1 is 1.09 bits per heavy atom. The Bertz CT molecular complexity index is 463. The first-order valence-corrected chi connectivity index (χ1v) is 6.94. The van der Waals surface area contributed by atoms with Crippen LogP contribution < -0.4 is 10.1 Å². The number of hydrogen-bond acceptors (Lipinski definition) is 3. The molecular weight excluding hydrogens is 343 g/mol.